The van der Waals surface area contributed by atoms with Crippen LogP contribution in [0.1, 0.15) is 76.5 Å². The first-order chi connectivity index (χ1) is 23.7. The molecule has 1 atom stereocenters. The Labute approximate surface area is 309 Å². The summed E-state index contributed by atoms with van der Waals surface area (Å²) in [5.41, 5.74) is 12.0. The van der Waals surface area contributed by atoms with E-state index in [0.29, 0.717) is 17.8 Å². The molecule has 254 valence electrons. The van der Waals surface area contributed by atoms with Gasteiger partial charge in [-0.25, -0.2) is 0 Å². The largest absolute Gasteiger partial charge is 3.00 e. The number of hydrogen-bond acceptors (Lipinski definition) is 4. The van der Waals surface area contributed by atoms with Gasteiger partial charge in [-0.15, -0.1) is 42.0 Å². The molecule has 0 bridgehead atoms. The number of allylic oxidation sites excluding steroid dienone is 3. The summed E-state index contributed by atoms with van der Waals surface area (Å²) in [6, 6.07) is 31.9. The molecule has 4 aromatic carbocycles. The molecule has 0 saturated heterocycles. The summed E-state index contributed by atoms with van der Waals surface area (Å²) < 4.78 is 8.46. The summed E-state index contributed by atoms with van der Waals surface area (Å²) in [4.78, 5) is 9.17. The van der Waals surface area contributed by atoms with Gasteiger partial charge < -0.3 is 18.8 Å². The van der Waals surface area contributed by atoms with Crippen LogP contribution in [0.25, 0.3) is 39.0 Å². The Hall–Kier alpha value is -4.38. The number of likely N-dealkylation sites (N-methyl/N-ethyl adjacent to an activating group) is 1. The van der Waals surface area contributed by atoms with Crippen LogP contribution in [-0.4, -0.2) is 21.5 Å². The van der Waals surface area contributed by atoms with E-state index in [0.717, 1.165) is 34.7 Å². The van der Waals surface area contributed by atoms with Crippen LogP contribution in [0.2, 0.25) is 0 Å². The SMILES string of the molecule is CC(C)c1cccc(C(C)C)c1-n1ccnc1-c1[c-]cccc1.CN1[CH-]N2C3=C1C=CCC3C(C)(C)c1cccc3oc4cc[c-]c2c4c13.[Ir+3]. The number of furan rings is 1. The number of anilines is 1. The van der Waals surface area contributed by atoms with Crippen molar-refractivity contribution in [3.63, 3.8) is 0 Å². The van der Waals surface area contributed by atoms with Crippen molar-refractivity contribution in [2.45, 2.75) is 65.2 Å². The second kappa shape index (κ2) is 13.1. The van der Waals surface area contributed by atoms with Gasteiger partial charge >= 0.3 is 20.1 Å². The molecule has 2 aromatic heterocycles. The van der Waals surface area contributed by atoms with E-state index in [1.54, 1.807) is 0 Å². The van der Waals surface area contributed by atoms with Crippen LogP contribution >= 0.6 is 0 Å². The zero-order valence-electron chi connectivity index (χ0n) is 29.8. The van der Waals surface area contributed by atoms with Gasteiger partial charge in [-0.05, 0) is 64.9 Å². The van der Waals surface area contributed by atoms with Crippen LogP contribution in [0.4, 0.5) is 5.69 Å². The fourth-order valence-electron chi connectivity index (χ4n) is 8.10. The van der Waals surface area contributed by atoms with Crippen molar-refractivity contribution in [2.75, 3.05) is 11.9 Å². The molecule has 6 heteroatoms. The Morgan fingerprint density at radius 1 is 0.880 bits per heavy atom. The van der Waals surface area contributed by atoms with Gasteiger partial charge in [0.1, 0.15) is 5.58 Å². The molecule has 3 aliphatic rings. The number of aromatic nitrogens is 2. The van der Waals surface area contributed by atoms with Gasteiger partial charge in [0.2, 0.25) is 0 Å². The first-order valence-electron chi connectivity index (χ1n) is 17.4. The molecule has 9 rings (SSSR count). The van der Waals surface area contributed by atoms with E-state index in [4.69, 9.17) is 4.42 Å². The molecule has 0 spiro atoms. The fourth-order valence-corrected chi connectivity index (χ4v) is 8.10. The Morgan fingerprint density at radius 2 is 1.62 bits per heavy atom. The predicted molar refractivity (Wildman–Crippen MR) is 200 cm³/mol. The molecule has 50 heavy (non-hydrogen) atoms. The number of benzene rings is 4. The number of rotatable bonds is 4. The number of para-hydroxylation sites is 1. The van der Waals surface area contributed by atoms with Crippen LogP contribution in [0.15, 0.2) is 113 Å². The summed E-state index contributed by atoms with van der Waals surface area (Å²) in [7, 11) is 2.13. The minimum Gasteiger partial charge on any atom is -0.504 e. The molecule has 2 aliphatic heterocycles. The van der Waals surface area contributed by atoms with Crippen molar-refractivity contribution in [3.8, 4) is 17.1 Å². The number of hydrogen-bond donors (Lipinski definition) is 0. The first kappa shape index (κ1) is 34.1. The molecule has 1 aliphatic carbocycles. The van der Waals surface area contributed by atoms with Gasteiger partial charge in [-0.3, -0.25) is 4.98 Å². The molecule has 5 nitrogen and oxygen atoms in total. The molecule has 0 amide bonds. The van der Waals surface area contributed by atoms with Crippen molar-refractivity contribution in [1.29, 1.82) is 0 Å². The van der Waals surface area contributed by atoms with Crippen molar-refractivity contribution >= 4 is 27.6 Å². The van der Waals surface area contributed by atoms with E-state index in [9.17, 15) is 0 Å². The molecule has 0 saturated carbocycles. The molecular weight excluding hydrogens is 793 g/mol. The average Bonchev–Trinajstić information content (AvgIpc) is 3.83. The quantitative estimate of drug-likeness (QED) is 0.166. The minimum atomic E-state index is -0.00748. The first-order valence-corrected chi connectivity index (χ1v) is 17.4. The molecule has 0 radical (unpaired) electrons. The summed E-state index contributed by atoms with van der Waals surface area (Å²) >= 11 is 0. The Balaban J connectivity index is 0.000000155. The van der Waals surface area contributed by atoms with Crippen LogP contribution in [0.3, 0.4) is 0 Å². The average molecular weight is 836 g/mol. The van der Waals surface area contributed by atoms with Crippen LogP contribution in [0.5, 0.6) is 0 Å². The third kappa shape index (κ3) is 5.36. The third-order valence-corrected chi connectivity index (χ3v) is 10.6. The molecule has 4 heterocycles. The summed E-state index contributed by atoms with van der Waals surface area (Å²) in [6.07, 6.45) is 9.56. The molecular formula is C44H43IrN4O. The Morgan fingerprint density at radius 3 is 2.34 bits per heavy atom. The second-order valence-electron chi connectivity index (χ2n) is 14.6. The second-order valence-corrected chi connectivity index (χ2v) is 14.6. The fraction of sp³-hybridized carbons (Fsp3) is 0.273. The Kier molecular flexibility index (Phi) is 8.90. The van der Waals surface area contributed by atoms with E-state index in [1.165, 1.54) is 44.5 Å². The van der Waals surface area contributed by atoms with Gasteiger partial charge in [0.05, 0.1) is 5.82 Å². The van der Waals surface area contributed by atoms with E-state index in [1.807, 2.05) is 36.5 Å². The maximum atomic E-state index is 6.24. The minimum absolute atomic E-state index is 0. The summed E-state index contributed by atoms with van der Waals surface area (Å²) in [5.74, 6) is 2.26. The van der Waals surface area contributed by atoms with Gasteiger partial charge in [-0.1, -0.05) is 89.0 Å². The van der Waals surface area contributed by atoms with Gasteiger partial charge in [0.25, 0.3) is 0 Å². The number of imidazole rings is 1. The molecule has 1 unspecified atom stereocenters. The van der Waals surface area contributed by atoms with Crippen molar-refractivity contribution in [3.05, 3.63) is 144 Å². The summed E-state index contributed by atoms with van der Waals surface area (Å²) in [6.45, 7) is 15.9. The van der Waals surface area contributed by atoms with Crippen LogP contribution in [-0.2, 0) is 25.5 Å². The van der Waals surface area contributed by atoms with Crippen molar-refractivity contribution < 1.29 is 24.5 Å². The molecule has 6 aromatic rings. The van der Waals surface area contributed by atoms with E-state index < -0.39 is 0 Å². The maximum absolute atomic E-state index is 6.24. The van der Waals surface area contributed by atoms with Crippen molar-refractivity contribution in [1.82, 2.24) is 14.5 Å². The monoisotopic (exact) mass is 836 g/mol. The number of nitrogens with zero attached hydrogens (tertiary/aromatic N) is 4. The molecule has 0 N–H and O–H groups in total. The van der Waals surface area contributed by atoms with Gasteiger partial charge in [0.15, 0.2) is 0 Å². The third-order valence-electron chi connectivity index (χ3n) is 10.6. The number of fused-ring (bicyclic) bond motifs is 1. The zero-order valence-corrected chi connectivity index (χ0v) is 32.2. The topological polar surface area (TPSA) is 37.4 Å². The zero-order chi connectivity index (χ0) is 34.0. The molecule has 0 fully saturated rings. The summed E-state index contributed by atoms with van der Waals surface area (Å²) in [5, 5.41) is 2.43. The normalized spacial score (nSPS) is 17.3. The van der Waals surface area contributed by atoms with E-state index in [-0.39, 0.29) is 25.5 Å². The predicted octanol–water partition coefficient (Wildman–Crippen LogP) is 10.9. The van der Waals surface area contributed by atoms with Gasteiger partial charge in [0, 0.05) is 41.0 Å². The standard InChI is InChI=1S/C23H20N2O.C21H23N2.Ir/c1-23(2)14-7-5-11-18-20(14)21-16(9-6-12-19(21)26-18)25-13-24(3)17-10-4-8-15(23)22(17)25;1-15(2)18-11-8-12-19(16(3)4)20(18)23-14-13-22-21(23)17-9-6-5-7-10-17;/h4-7,10-13,15H,8H2,1-3H3;5-9,11-16H,1-4H3;/q-2;-1;+3. The van der Waals surface area contributed by atoms with Gasteiger partial charge in [-0.2, -0.15) is 18.8 Å². The van der Waals surface area contributed by atoms with Crippen LogP contribution < -0.4 is 4.90 Å². The maximum Gasteiger partial charge on any atom is 3.00 e. The van der Waals surface area contributed by atoms with E-state index >= 15 is 0 Å². The van der Waals surface area contributed by atoms with Crippen LogP contribution in [0, 0.1) is 24.7 Å². The Bertz CT molecular complexity index is 2230. The smallest absolute Gasteiger partial charge is 0.504 e. The van der Waals surface area contributed by atoms with E-state index in [2.05, 4.69) is 148 Å². The van der Waals surface area contributed by atoms with Crippen molar-refractivity contribution in [2.24, 2.45) is 5.92 Å².